The van der Waals surface area contributed by atoms with Crippen LogP contribution in [0.3, 0.4) is 0 Å². The van der Waals surface area contributed by atoms with Crippen LogP contribution in [0.1, 0.15) is 53.9 Å². The molecule has 0 spiro atoms. The van der Waals surface area contributed by atoms with Gasteiger partial charge in [-0.3, -0.25) is 4.99 Å². The second kappa shape index (κ2) is 8.57. The van der Waals surface area contributed by atoms with Gasteiger partial charge in [0.25, 0.3) is 0 Å². The van der Waals surface area contributed by atoms with Crippen LogP contribution in [-0.2, 0) is 0 Å². The molecule has 3 heteroatoms. The molecule has 15 heavy (non-hydrogen) atoms. The molecule has 0 aliphatic heterocycles. The highest BCUT2D eigenvalue weighted by molar-refractivity contribution is 5.80. The molecule has 2 N–H and O–H groups in total. The van der Waals surface area contributed by atoms with Gasteiger partial charge in [0.05, 0.1) is 0 Å². The number of guanidine groups is 1. The third-order valence-electron chi connectivity index (χ3n) is 2.20. The number of nitrogens with zero attached hydrogens (tertiary/aromatic N) is 1. The van der Waals surface area contributed by atoms with E-state index in [1.54, 1.807) is 0 Å². The Morgan fingerprint density at radius 2 is 1.80 bits per heavy atom. The first-order valence-electron chi connectivity index (χ1n) is 6.17. The third-order valence-corrected chi connectivity index (χ3v) is 2.20. The van der Waals surface area contributed by atoms with Crippen molar-refractivity contribution in [2.75, 3.05) is 6.54 Å². The van der Waals surface area contributed by atoms with Crippen molar-refractivity contribution in [1.29, 1.82) is 0 Å². The maximum absolute atomic E-state index is 4.54. The van der Waals surface area contributed by atoms with Crippen molar-refractivity contribution in [3.8, 4) is 0 Å². The van der Waals surface area contributed by atoms with Gasteiger partial charge in [0.1, 0.15) is 0 Å². The summed E-state index contributed by atoms with van der Waals surface area (Å²) in [5.74, 6) is 0.952. The zero-order valence-electron chi connectivity index (χ0n) is 10.9. The molecule has 0 saturated carbocycles. The van der Waals surface area contributed by atoms with Crippen molar-refractivity contribution < 1.29 is 0 Å². The minimum absolute atomic E-state index is 0.432. The Morgan fingerprint density at radius 3 is 2.27 bits per heavy atom. The molecular formula is C12H27N3. The molecule has 0 rings (SSSR count). The number of nitrogens with one attached hydrogen (secondary N) is 2. The van der Waals surface area contributed by atoms with Gasteiger partial charge in [-0.05, 0) is 33.6 Å². The predicted molar refractivity (Wildman–Crippen MR) is 68.4 cm³/mol. The summed E-state index contributed by atoms with van der Waals surface area (Å²) in [7, 11) is 0. The first kappa shape index (κ1) is 14.3. The van der Waals surface area contributed by atoms with E-state index in [-0.39, 0.29) is 0 Å². The predicted octanol–water partition coefficient (Wildman–Crippen LogP) is 2.53. The molecule has 90 valence electrons. The van der Waals surface area contributed by atoms with Crippen molar-refractivity contribution >= 4 is 5.96 Å². The van der Waals surface area contributed by atoms with Crippen molar-refractivity contribution in [1.82, 2.24) is 10.6 Å². The van der Waals surface area contributed by atoms with Gasteiger partial charge in [-0.1, -0.05) is 20.3 Å². The molecular weight excluding hydrogens is 186 g/mol. The summed E-state index contributed by atoms with van der Waals surface area (Å²) in [6, 6.07) is 0.915. The van der Waals surface area contributed by atoms with Crippen molar-refractivity contribution in [3.63, 3.8) is 0 Å². The fourth-order valence-corrected chi connectivity index (χ4v) is 1.09. The van der Waals surface area contributed by atoms with Gasteiger partial charge in [-0.25, -0.2) is 0 Å². The molecule has 3 nitrogen and oxygen atoms in total. The van der Waals surface area contributed by atoms with E-state index < -0.39 is 0 Å². The smallest absolute Gasteiger partial charge is 0.191 e. The Morgan fingerprint density at radius 1 is 1.13 bits per heavy atom. The van der Waals surface area contributed by atoms with Gasteiger partial charge in [0.15, 0.2) is 5.96 Å². The largest absolute Gasteiger partial charge is 0.354 e. The number of rotatable bonds is 6. The molecule has 0 radical (unpaired) electrons. The Kier molecular flexibility index (Phi) is 8.15. The molecule has 0 bridgehead atoms. The van der Waals surface area contributed by atoms with E-state index in [9.17, 15) is 0 Å². The summed E-state index contributed by atoms with van der Waals surface area (Å²) >= 11 is 0. The van der Waals surface area contributed by atoms with Gasteiger partial charge in [0, 0.05) is 18.6 Å². The van der Waals surface area contributed by atoms with Crippen molar-refractivity contribution in [2.45, 2.75) is 66.0 Å². The van der Waals surface area contributed by atoms with E-state index in [1.165, 1.54) is 6.42 Å². The molecule has 0 heterocycles. The maximum Gasteiger partial charge on any atom is 0.191 e. The first-order valence-corrected chi connectivity index (χ1v) is 6.17. The molecule has 1 unspecified atom stereocenters. The van der Waals surface area contributed by atoms with E-state index in [2.05, 4.69) is 50.2 Å². The van der Waals surface area contributed by atoms with E-state index in [0.29, 0.717) is 12.1 Å². The topological polar surface area (TPSA) is 36.4 Å². The normalized spacial score (nSPS) is 14.1. The summed E-state index contributed by atoms with van der Waals surface area (Å²) in [5, 5.41) is 6.74. The van der Waals surface area contributed by atoms with Crippen LogP contribution in [0.25, 0.3) is 0 Å². The molecule has 0 aliphatic rings. The van der Waals surface area contributed by atoms with Gasteiger partial charge in [0.2, 0.25) is 0 Å². The van der Waals surface area contributed by atoms with Crippen molar-refractivity contribution in [2.24, 2.45) is 4.99 Å². The van der Waals surface area contributed by atoms with Gasteiger partial charge in [-0.2, -0.15) is 0 Å². The van der Waals surface area contributed by atoms with Crippen LogP contribution in [0, 0.1) is 0 Å². The van der Waals surface area contributed by atoms with Crippen LogP contribution in [0.4, 0.5) is 0 Å². The Bertz CT molecular complexity index is 176. The number of aliphatic imine (C=N–C) groups is 1. The van der Waals surface area contributed by atoms with E-state index in [1.807, 2.05) is 0 Å². The maximum atomic E-state index is 4.54. The summed E-state index contributed by atoms with van der Waals surface area (Å²) in [6.07, 6.45) is 3.47. The monoisotopic (exact) mass is 213 g/mol. The van der Waals surface area contributed by atoms with Crippen molar-refractivity contribution in [3.05, 3.63) is 0 Å². The molecule has 0 aromatic rings. The summed E-state index contributed by atoms with van der Waals surface area (Å²) in [4.78, 5) is 4.54. The van der Waals surface area contributed by atoms with E-state index in [0.717, 1.165) is 25.3 Å². The molecule has 0 amide bonds. The zero-order valence-corrected chi connectivity index (χ0v) is 10.9. The number of unbranched alkanes of at least 4 members (excludes halogenated alkanes) is 1. The number of hydrogen-bond donors (Lipinski definition) is 2. The SMILES string of the molecule is CCCCN=C(NC(C)C)NC(C)CC. The van der Waals surface area contributed by atoms with Crippen LogP contribution in [0.15, 0.2) is 4.99 Å². The van der Waals surface area contributed by atoms with Crippen LogP contribution >= 0.6 is 0 Å². The van der Waals surface area contributed by atoms with E-state index in [4.69, 9.17) is 0 Å². The average molecular weight is 213 g/mol. The molecule has 0 fully saturated rings. The molecule has 0 aromatic heterocycles. The highest BCUT2D eigenvalue weighted by atomic mass is 15.2. The Balaban J connectivity index is 4.10. The molecule has 0 aliphatic carbocycles. The van der Waals surface area contributed by atoms with Gasteiger partial charge >= 0.3 is 0 Å². The zero-order chi connectivity index (χ0) is 11.7. The van der Waals surface area contributed by atoms with Crippen LogP contribution < -0.4 is 10.6 Å². The minimum Gasteiger partial charge on any atom is -0.354 e. The standard InChI is InChI=1S/C12H27N3/c1-6-8-9-13-12(14-10(3)4)15-11(5)7-2/h10-11H,6-9H2,1-5H3,(H2,13,14,15). The third kappa shape index (κ3) is 8.28. The fourth-order valence-electron chi connectivity index (χ4n) is 1.09. The lowest BCUT2D eigenvalue weighted by molar-refractivity contribution is 0.605. The second-order valence-electron chi connectivity index (χ2n) is 4.34. The van der Waals surface area contributed by atoms with Crippen LogP contribution in [-0.4, -0.2) is 24.6 Å². The highest BCUT2D eigenvalue weighted by Gasteiger charge is 2.04. The molecule has 1 atom stereocenters. The summed E-state index contributed by atoms with van der Waals surface area (Å²) in [5.41, 5.74) is 0. The lowest BCUT2D eigenvalue weighted by atomic mass is 10.3. The summed E-state index contributed by atoms with van der Waals surface area (Å²) < 4.78 is 0. The second-order valence-corrected chi connectivity index (χ2v) is 4.34. The number of hydrogen-bond acceptors (Lipinski definition) is 1. The first-order chi connectivity index (χ1) is 7.10. The van der Waals surface area contributed by atoms with E-state index >= 15 is 0 Å². The van der Waals surface area contributed by atoms with Crippen LogP contribution in [0.2, 0.25) is 0 Å². The lowest BCUT2D eigenvalue weighted by Gasteiger charge is -2.18. The van der Waals surface area contributed by atoms with Gasteiger partial charge < -0.3 is 10.6 Å². The quantitative estimate of drug-likeness (QED) is 0.404. The lowest BCUT2D eigenvalue weighted by Crippen LogP contribution is -2.44. The average Bonchev–Trinajstić information content (AvgIpc) is 2.17. The Hall–Kier alpha value is -0.730. The van der Waals surface area contributed by atoms with Gasteiger partial charge in [-0.15, -0.1) is 0 Å². The molecule has 0 saturated heterocycles. The fraction of sp³-hybridized carbons (Fsp3) is 0.917. The molecule has 0 aromatic carbocycles. The minimum atomic E-state index is 0.432. The summed E-state index contributed by atoms with van der Waals surface area (Å²) in [6.45, 7) is 11.7. The highest BCUT2D eigenvalue weighted by Crippen LogP contribution is 1.91. The van der Waals surface area contributed by atoms with Crippen LogP contribution in [0.5, 0.6) is 0 Å². The Labute approximate surface area is 94.7 Å².